The van der Waals surface area contributed by atoms with Gasteiger partial charge in [-0.3, -0.25) is 4.79 Å². The van der Waals surface area contributed by atoms with Gasteiger partial charge in [0.15, 0.2) is 0 Å². The number of carbonyl (C=O) groups is 1. The lowest BCUT2D eigenvalue weighted by molar-refractivity contribution is -0.174. The van der Waals surface area contributed by atoms with E-state index in [0.29, 0.717) is 48.5 Å². The smallest absolute Gasteiger partial charge is 0.220 e. The summed E-state index contributed by atoms with van der Waals surface area (Å²) >= 11 is 1.69. The van der Waals surface area contributed by atoms with Crippen molar-refractivity contribution in [3.63, 3.8) is 0 Å². The Morgan fingerprint density at radius 3 is 2.64 bits per heavy atom. The van der Waals surface area contributed by atoms with Crippen LogP contribution in [0.1, 0.15) is 83.4 Å². The number of rotatable bonds is 5. The van der Waals surface area contributed by atoms with E-state index >= 15 is 0 Å². The molecule has 33 heavy (non-hydrogen) atoms. The number of carbonyl (C=O) groups excluding carboxylic acids is 1. The molecule has 4 nitrogen and oxygen atoms in total. The van der Waals surface area contributed by atoms with Gasteiger partial charge < -0.3 is 15.5 Å². The normalized spacial score (nSPS) is 45.5. The molecule has 5 heteroatoms. The average molecular weight is 474 g/mol. The third-order valence-electron chi connectivity index (χ3n) is 11.0. The summed E-state index contributed by atoms with van der Waals surface area (Å²) in [7, 11) is 0. The van der Waals surface area contributed by atoms with E-state index in [1.54, 1.807) is 11.3 Å². The van der Waals surface area contributed by atoms with Crippen LogP contribution in [0.2, 0.25) is 0 Å². The second-order valence-corrected chi connectivity index (χ2v) is 13.5. The van der Waals surface area contributed by atoms with Gasteiger partial charge in [0.2, 0.25) is 5.91 Å². The zero-order valence-electron chi connectivity index (χ0n) is 20.6. The molecule has 4 fully saturated rings. The topological polar surface area (TPSA) is 69.6 Å². The second-order valence-electron chi connectivity index (χ2n) is 12.5. The minimum absolute atomic E-state index is 0.172. The number of nitrogens with one attached hydrogen (secondary N) is 1. The molecule has 1 amide bonds. The van der Waals surface area contributed by atoms with Crippen molar-refractivity contribution in [2.45, 2.75) is 97.3 Å². The molecule has 5 rings (SSSR count). The lowest BCUT2D eigenvalue weighted by atomic mass is 9.43. The number of fused-ring (bicyclic) bond motifs is 5. The number of aliphatic hydroxyl groups excluding tert-OH is 2. The monoisotopic (exact) mass is 473 g/mol. The molecule has 0 radical (unpaired) electrons. The van der Waals surface area contributed by atoms with Gasteiger partial charge in [0, 0.05) is 11.3 Å². The Bertz CT molecular complexity index is 842. The molecule has 0 aromatic carbocycles. The molecule has 0 saturated heterocycles. The van der Waals surface area contributed by atoms with Gasteiger partial charge in [0.1, 0.15) is 0 Å². The molecule has 1 aromatic heterocycles. The van der Waals surface area contributed by atoms with Crippen molar-refractivity contribution in [1.29, 1.82) is 0 Å². The first kappa shape index (κ1) is 23.8. The molecule has 5 unspecified atom stereocenters. The van der Waals surface area contributed by atoms with Crippen molar-refractivity contribution >= 4 is 17.2 Å². The van der Waals surface area contributed by atoms with E-state index < -0.39 is 0 Å². The number of amides is 1. The highest BCUT2D eigenvalue weighted by Crippen LogP contribution is 2.68. The van der Waals surface area contributed by atoms with Crippen LogP contribution < -0.4 is 5.32 Å². The van der Waals surface area contributed by atoms with Crippen LogP contribution in [-0.4, -0.2) is 28.3 Å². The molecule has 10 atom stereocenters. The third kappa shape index (κ3) is 4.10. The molecule has 1 heterocycles. The van der Waals surface area contributed by atoms with Crippen LogP contribution in [0, 0.1) is 46.3 Å². The van der Waals surface area contributed by atoms with E-state index in [-0.39, 0.29) is 28.9 Å². The second kappa shape index (κ2) is 8.95. The van der Waals surface area contributed by atoms with Crippen molar-refractivity contribution in [3.8, 4) is 0 Å². The van der Waals surface area contributed by atoms with Crippen LogP contribution in [0.5, 0.6) is 0 Å². The lowest BCUT2D eigenvalue weighted by Gasteiger charge is -2.62. The molecular weight excluding hydrogens is 430 g/mol. The minimum Gasteiger partial charge on any atom is -0.393 e. The first-order valence-corrected chi connectivity index (χ1v) is 14.3. The van der Waals surface area contributed by atoms with E-state index in [1.807, 2.05) is 6.07 Å². The maximum absolute atomic E-state index is 12.7. The highest BCUT2D eigenvalue weighted by atomic mass is 32.1. The fourth-order valence-corrected chi connectivity index (χ4v) is 9.93. The van der Waals surface area contributed by atoms with Gasteiger partial charge in [-0.15, -0.1) is 11.3 Å². The van der Waals surface area contributed by atoms with Crippen molar-refractivity contribution in [1.82, 2.24) is 5.32 Å². The first-order valence-electron chi connectivity index (χ1n) is 13.4. The van der Waals surface area contributed by atoms with Crippen LogP contribution in [0.3, 0.4) is 0 Å². The fraction of sp³-hybridized carbons (Fsp3) is 0.821. The van der Waals surface area contributed by atoms with Crippen molar-refractivity contribution < 1.29 is 15.0 Å². The Kier molecular flexibility index (Phi) is 6.46. The van der Waals surface area contributed by atoms with Gasteiger partial charge in [-0.2, -0.15) is 0 Å². The maximum Gasteiger partial charge on any atom is 0.220 e. The molecule has 0 bridgehead atoms. The van der Waals surface area contributed by atoms with Gasteiger partial charge in [-0.05, 0) is 109 Å². The average Bonchev–Trinajstić information content (AvgIpc) is 3.41. The summed E-state index contributed by atoms with van der Waals surface area (Å²) in [6, 6.07) is 4.10. The molecule has 4 aliphatic rings. The minimum atomic E-state index is -0.230. The van der Waals surface area contributed by atoms with Gasteiger partial charge in [-0.1, -0.05) is 26.8 Å². The number of hydrogen-bond acceptors (Lipinski definition) is 4. The summed E-state index contributed by atoms with van der Waals surface area (Å²) in [5, 5.41) is 26.9. The van der Waals surface area contributed by atoms with Crippen LogP contribution >= 0.6 is 11.3 Å². The number of aliphatic hydroxyl groups is 2. The largest absolute Gasteiger partial charge is 0.393 e. The summed E-state index contributed by atoms with van der Waals surface area (Å²) in [6.07, 6.45) is 8.79. The zero-order chi connectivity index (χ0) is 23.4. The van der Waals surface area contributed by atoms with E-state index in [9.17, 15) is 15.0 Å². The van der Waals surface area contributed by atoms with Gasteiger partial charge in [-0.25, -0.2) is 0 Å². The van der Waals surface area contributed by atoms with Gasteiger partial charge >= 0.3 is 0 Å². The van der Waals surface area contributed by atoms with E-state index in [2.05, 4.69) is 37.5 Å². The molecule has 0 spiro atoms. The Morgan fingerprint density at radius 1 is 1.12 bits per heavy atom. The maximum atomic E-state index is 12.7. The number of thiophene rings is 1. The SMILES string of the molecule is C[C@H](CC(=O)NCc1cccs1)C1CC[C@H]2C3[C@H](O)CC4C[C@H](O)CCC4(C)[C@H]3CCC12C. The van der Waals surface area contributed by atoms with Crippen LogP contribution in [-0.2, 0) is 11.3 Å². The molecule has 4 saturated carbocycles. The predicted molar refractivity (Wildman–Crippen MR) is 133 cm³/mol. The molecule has 4 aliphatic carbocycles. The summed E-state index contributed by atoms with van der Waals surface area (Å²) in [5.41, 5.74) is 0.503. The van der Waals surface area contributed by atoms with E-state index in [1.165, 1.54) is 30.6 Å². The zero-order valence-corrected chi connectivity index (χ0v) is 21.4. The summed E-state index contributed by atoms with van der Waals surface area (Å²) in [4.78, 5) is 13.9. The van der Waals surface area contributed by atoms with Crippen molar-refractivity contribution in [2.75, 3.05) is 0 Å². The van der Waals surface area contributed by atoms with Gasteiger partial charge in [0.25, 0.3) is 0 Å². The predicted octanol–water partition coefficient (Wildman–Crippen LogP) is 5.38. The van der Waals surface area contributed by atoms with E-state index in [0.717, 1.165) is 25.7 Å². The summed E-state index contributed by atoms with van der Waals surface area (Å²) < 4.78 is 0. The molecule has 3 N–H and O–H groups in total. The molecule has 0 aliphatic heterocycles. The molecule has 1 aromatic rings. The first-order chi connectivity index (χ1) is 15.7. The lowest BCUT2D eigenvalue weighted by Crippen LogP contribution is -2.58. The van der Waals surface area contributed by atoms with Crippen LogP contribution in [0.4, 0.5) is 0 Å². The number of hydrogen-bond donors (Lipinski definition) is 3. The molecule has 184 valence electrons. The molecular formula is C28H43NO3S. The summed E-state index contributed by atoms with van der Waals surface area (Å²) in [6.45, 7) is 7.88. The van der Waals surface area contributed by atoms with Gasteiger partial charge in [0.05, 0.1) is 18.8 Å². The van der Waals surface area contributed by atoms with Crippen molar-refractivity contribution in [2.24, 2.45) is 46.3 Å². The highest BCUT2D eigenvalue weighted by molar-refractivity contribution is 7.09. The standard InChI is InChI=1S/C28H43NO3S/c1-17(13-25(32)29-16-20-5-4-12-33-20)21-6-7-22-26-23(9-11-28(21,22)3)27(2)10-8-19(30)14-18(27)15-24(26)31/h4-5,12,17-19,21-24,26,30-31H,6-11,13-16H2,1-3H3,(H,29,32)/t17-,18?,19-,21?,22+,23+,24-,26?,27?,28?/m1/s1. The Morgan fingerprint density at radius 2 is 1.88 bits per heavy atom. The van der Waals surface area contributed by atoms with Crippen molar-refractivity contribution in [3.05, 3.63) is 22.4 Å². The highest BCUT2D eigenvalue weighted by Gasteiger charge is 2.62. The third-order valence-corrected chi connectivity index (χ3v) is 11.8. The summed E-state index contributed by atoms with van der Waals surface area (Å²) in [5.74, 6) is 3.11. The fourth-order valence-electron chi connectivity index (χ4n) is 9.28. The van der Waals surface area contributed by atoms with E-state index in [4.69, 9.17) is 0 Å². The Labute approximate surface area is 203 Å². The Hall–Kier alpha value is -0.910. The quantitative estimate of drug-likeness (QED) is 0.538. The van der Waals surface area contributed by atoms with Crippen LogP contribution in [0.25, 0.3) is 0 Å². The Balaban J connectivity index is 1.27. The van der Waals surface area contributed by atoms with Crippen LogP contribution in [0.15, 0.2) is 17.5 Å².